The van der Waals surface area contributed by atoms with E-state index >= 15 is 0 Å². The number of hydrogen-bond donors (Lipinski definition) is 1. The van der Waals surface area contributed by atoms with Crippen LogP contribution < -0.4 is 10.5 Å². The van der Waals surface area contributed by atoms with Crippen molar-refractivity contribution in [3.05, 3.63) is 65.7 Å². The molecule has 94 valence electrons. The largest absolute Gasteiger partial charge is 0.496 e. The molecule has 0 saturated carbocycles. The van der Waals surface area contributed by atoms with E-state index in [0.717, 1.165) is 12.2 Å². The Morgan fingerprint density at radius 2 is 1.67 bits per heavy atom. The minimum absolute atomic E-state index is 0.298. The van der Waals surface area contributed by atoms with E-state index < -0.39 is 0 Å². The molecule has 0 amide bonds. The van der Waals surface area contributed by atoms with Crippen LogP contribution in [0.1, 0.15) is 23.5 Å². The second-order valence-electron chi connectivity index (χ2n) is 4.28. The average molecular weight is 241 g/mol. The maximum absolute atomic E-state index is 5.75. The van der Waals surface area contributed by atoms with E-state index in [1.54, 1.807) is 7.11 Å². The average Bonchev–Trinajstić information content (AvgIpc) is 2.46. The SMILES string of the molecule is COc1ccccc1[C@@H](CCN)c1ccccc1. The van der Waals surface area contributed by atoms with Crippen molar-refractivity contribution in [2.75, 3.05) is 13.7 Å². The van der Waals surface area contributed by atoms with Gasteiger partial charge in [-0.15, -0.1) is 0 Å². The lowest BCUT2D eigenvalue weighted by atomic mass is 9.88. The summed E-state index contributed by atoms with van der Waals surface area (Å²) in [6.45, 7) is 0.664. The number of methoxy groups -OCH3 is 1. The topological polar surface area (TPSA) is 35.2 Å². The van der Waals surface area contributed by atoms with Crippen molar-refractivity contribution in [2.24, 2.45) is 5.73 Å². The van der Waals surface area contributed by atoms with E-state index in [-0.39, 0.29) is 0 Å². The Kier molecular flexibility index (Phi) is 4.37. The van der Waals surface area contributed by atoms with E-state index in [2.05, 4.69) is 30.3 Å². The van der Waals surface area contributed by atoms with Gasteiger partial charge in [-0.3, -0.25) is 0 Å². The molecule has 2 nitrogen and oxygen atoms in total. The highest BCUT2D eigenvalue weighted by Crippen LogP contribution is 2.33. The van der Waals surface area contributed by atoms with Gasteiger partial charge in [-0.1, -0.05) is 48.5 Å². The highest BCUT2D eigenvalue weighted by atomic mass is 16.5. The minimum Gasteiger partial charge on any atom is -0.496 e. The van der Waals surface area contributed by atoms with Crippen molar-refractivity contribution in [1.82, 2.24) is 0 Å². The van der Waals surface area contributed by atoms with Crippen LogP contribution in [0, 0.1) is 0 Å². The first-order valence-corrected chi connectivity index (χ1v) is 6.24. The second kappa shape index (κ2) is 6.22. The molecule has 0 unspecified atom stereocenters. The minimum atomic E-state index is 0.298. The second-order valence-corrected chi connectivity index (χ2v) is 4.28. The predicted molar refractivity (Wildman–Crippen MR) is 75.0 cm³/mol. The van der Waals surface area contributed by atoms with Gasteiger partial charge in [0.2, 0.25) is 0 Å². The Hall–Kier alpha value is -1.80. The maximum Gasteiger partial charge on any atom is 0.122 e. The van der Waals surface area contributed by atoms with Gasteiger partial charge in [-0.2, -0.15) is 0 Å². The molecule has 0 fully saturated rings. The molecule has 0 bridgehead atoms. The number of rotatable bonds is 5. The molecule has 0 aliphatic heterocycles. The number of ether oxygens (including phenoxy) is 1. The van der Waals surface area contributed by atoms with Crippen molar-refractivity contribution in [3.8, 4) is 5.75 Å². The zero-order valence-corrected chi connectivity index (χ0v) is 10.7. The lowest BCUT2D eigenvalue weighted by molar-refractivity contribution is 0.406. The van der Waals surface area contributed by atoms with E-state index in [1.807, 2.05) is 24.3 Å². The number of hydrogen-bond acceptors (Lipinski definition) is 2. The molecule has 2 aromatic carbocycles. The van der Waals surface area contributed by atoms with Gasteiger partial charge in [-0.25, -0.2) is 0 Å². The van der Waals surface area contributed by atoms with Crippen LogP contribution in [0.4, 0.5) is 0 Å². The summed E-state index contributed by atoms with van der Waals surface area (Å²) in [5, 5.41) is 0. The summed E-state index contributed by atoms with van der Waals surface area (Å²) < 4.78 is 5.45. The molecule has 2 heteroatoms. The first-order valence-electron chi connectivity index (χ1n) is 6.24. The summed E-state index contributed by atoms with van der Waals surface area (Å²) in [6.07, 6.45) is 0.921. The molecule has 0 spiro atoms. The third kappa shape index (κ3) is 2.71. The van der Waals surface area contributed by atoms with E-state index in [1.165, 1.54) is 11.1 Å². The standard InChI is InChI=1S/C16H19NO/c1-18-16-10-6-5-9-15(16)14(11-12-17)13-7-3-2-4-8-13/h2-10,14H,11-12,17H2,1H3/t14-/m0/s1. The number of benzene rings is 2. The summed E-state index contributed by atoms with van der Waals surface area (Å²) in [4.78, 5) is 0. The first-order chi connectivity index (χ1) is 8.86. The lowest BCUT2D eigenvalue weighted by Crippen LogP contribution is -2.09. The van der Waals surface area contributed by atoms with Crippen LogP contribution in [-0.2, 0) is 0 Å². The van der Waals surface area contributed by atoms with Crippen LogP contribution in [0.5, 0.6) is 5.75 Å². The van der Waals surface area contributed by atoms with Crippen LogP contribution in [-0.4, -0.2) is 13.7 Å². The molecule has 0 saturated heterocycles. The smallest absolute Gasteiger partial charge is 0.122 e. The van der Waals surface area contributed by atoms with Gasteiger partial charge >= 0.3 is 0 Å². The van der Waals surface area contributed by atoms with Crippen LogP contribution in [0.2, 0.25) is 0 Å². The molecule has 0 heterocycles. The van der Waals surface area contributed by atoms with E-state index in [9.17, 15) is 0 Å². The Balaban J connectivity index is 2.41. The van der Waals surface area contributed by atoms with Crippen molar-refractivity contribution in [1.29, 1.82) is 0 Å². The Labute approximate surface area is 108 Å². The van der Waals surface area contributed by atoms with Gasteiger partial charge in [0.1, 0.15) is 5.75 Å². The summed E-state index contributed by atoms with van der Waals surface area (Å²) in [7, 11) is 1.71. The highest BCUT2D eigenvalue weighted by Gasteiger charge is 2.16. The maximum atomic E-state index is 5.75. The normalized spacial score (nSPS) is 12.1. The van der Waals surface area contributed by atoms with Gasteiger partial charge in [0, 0.05) is 11.5 Å². The number of para-hydroxylation sites is 1. The Morgan fingerprint density at radius 3 is 2.33 bits per heavy atom. The molecule has 0 aliphatic rings. The van der Waals surface area contributed by atoms with Crippen LogP contribution in [0.25, 0.3) is 0 Å². The molecule has 0 aliphatic carbocycles. The Bertz CT molecular complexity index is 481. The molecule has 2 aromatic rings. The molecular weight excluding hydrogens is 222 g/mol. The van der Waals surface area contributed by atoms with Gasteiger partial charge in [0.05, 0.1) is 7.11 Å². The zero-order chi connectivity index (χ0) is 12.8. The van der Waals surface area contributed by atoms with Gasteiger partial charge < -0.3 is 10.5 Å². The fourth-order valence-corrected chi connectivity index (χ4v) is 2.31. The molecule has 2 rings (SSSR count). The highest BCUT2D eigenvalue weighted by molar-refractivity contribution is 5.42. The predicted octanol–water partition coefficient (Wildman–Crippen LogP) is 3.18. The molecule has 1 atom stereocenters. The van der Waals surface area contributed by atoms with E-state index in [4.69, 9.17) is 10.5 Å². The fraction of sp³-hybridized carbons (Fsp3) is 0.250. The molecule has 2 N–H and O–H groups in total. The first kappa shape index (κ1) is 12.7. The van der Waals surface area contributed by atoms with Gasteiger partial charge in [0.15, 0.2) is 0 Å². The van der Waals surface area contributed by atoms with Gasteiger partial charge in [-0.05, 0) is 24.6 Å². The van der Waals surface area contributed by atoms with Crippen molar-refractivity contribution in [2.45, 2.75) is 12.3 Å². The van der Waals surface area contributed by atoms with Crippen LogP contribution >= 0.6 is 0 Å². The van der Waals surface area contributed by atoms with Crippen LogP contribution in [0.15, 0.2) is 54.6 Å². The zero-order valence-electron chi connectivity index (χ0n) is 10.7. The van der Waals surface area contributed by atoms with Crippen molar-refractivity contribution in [3.63, 3.8) is 0 Å². The summed E-state index contributed by atoms with van der Waals surface area (Å²) in [5.74, 6) is 1.23. The van der Waals surface area contributed by atoms with Crippen LogP contribution in [0.3, 0.4) is 0 Å². The monoisotopic (exact) mass is 241 g/mol. The molecular formula is C16H19NO. The van der Waals surface area contributed by atoms with E-state index in [0.29, 0.717) is 12.5 Å². The quantitative estimate of drug-likeness (QED) is 0.872. The molecule has 0 radical (unpaired) electrons. The molecule has 18 heavy (non-hydrogen) atoms. The molecule has 0 aromatic heterocycles. The van der Waals surface area contributed by atoms with Crippen molar-refractivity contribution >= 4 is 0 Å². The summed E-state index contributed by atoms with van der Waals surface area (Å²) in [5.41, 5.74) is 8.24. The third-order valence-electron chi connectivity index (χ3n) is 3.17. The van der Waals surface area contributed by atoms with Gasteiger partial charge in [0.25, 0.3) is 0 Å². The Morgan fingerprint density at radius 1 is 1.00 bits per heavy atom. The summed E-state index contributed by atoms with van der Waals surface area (Å²) >= 11 is 0. The lowest BCUT2D eigenvalue weighted by Gasteiger charge is -2.19. The van der Waals surface area contributed by atoms with Crippen molar-refractivity contribution < 1.29 is 4.74 Å². The fourth-order valence-electron chi connectivity index (χ4n) is 2.31. The number of nitrogens with two attached hydrogens (primary N) is 1. The third-order valence-corrected chi connectivity index (χ3v) is 3.17. The summed E-state index contributed by atoms with van der Waals surface area (Å²) in [6, 6.07) is 18.6.